The SMILES string of the molecule is COc1ccccc1-c1nnc(SCC(=O)c2ccc(-c3ccccc3)cc2)n1C. The number of hydrogen-bond acceptors (Lipinski definition) is 5. The molecule has 0 unspecified atom stereocenters. The molecule has 0 aliphatic rings. The normalized spacial score (nSPS) is 10.7. The zero-order valence-corrected chi connectivity index (χ0v) is 17.6. The number of aromatic nitrogens is 3. The molecule has 0 aliphatic heterocycles. The molecule has 1 aromatic heterocycles. The van der Waals surface area contributed by atoms with Crippen LogP contribution in [0.5, 0.6) is 5.75 Å². The minimum Gasteiger partial charge on any atom is -0.496 e. The second kappa shape index (κ2) is 8.97. The first-order valence-corrected chi connectivity index (χ1v) is 10.5. The molecular formula is C24H21N3O2S. The van der Waals surface area contributed by atoms with Gasteiger partial charge < -0.3 is 9.30 Å². The Morgan fingerprint density at radius 1 is 0.900 bits per heavy atom. The molecular weight excluding hydrogens is 394 g/mol. The van der Waals surface area contributed by atoms with Crippen LogP contribution in [0.1, 0.15) is 10.4 Å². The molecule has 4 rings (SSSR count). The molecule has 0 spiro atoms. The third kappa shape index (κ3) is 4.14. The first kappa shape index (κ1) is 19.9. The van der Waals surface area contributed by atoms with E-state index in [2.05, 4.69) is 22.3 Å². The van der Waals surface area contributed by atoms with E-state index >= 15 is 0 Å². The predicted molar refractivity (Wildman–Crippen MR) is 120 cm³/mol. The molecule has 0 bridgehead atoms. The molecule has 0 amide bonds. The summed E-state index contributed by atoms with van der Waals surface area (Å²) in [7, 11) is 3.52. The van der Waals surface area contributed by atoms with Gasteiger partial charge in [-0.3, -0.25) is 4.79 Å². The van der Waals surface area contributed by atoms with E-state index in [4.69, 9.17) is 4.74 Å². The summed E-state index contributed by atoms with van der Waals surface area (Å²) in [5.41, 5.74) is 3.78. The van der Waals surface area contributed by atoms with Gasteiger partial charge in [0.25, 0.3) is 0 Å². The minimum atomic E-state index is 0.0569. The lowest BCUT2D eigenvalue weighted by Crippen LogP contribution is -2.04. The maximum Gasteiger partial charge on any atom is 0.191 e. The fourth-order valence-electron chi connectivity index (χ4n) is 3.20. The van der Waals surface area contributed by atoms with Crippen molar-refractivity contribution in [2.75, 3.05) is 12.9 Å². The Labute approximate surface area is 179 Å². The standard InChI is InChI=1S/C24H21N3O2S/c1-27-23(20-10-6-7-11-22(20)29-2)25-26-24(27)30-16-21(28)19-14-12-18(13-15-19)17-8-4-3-5-9-17/h3-15H,16H2,1-2H3. The fourth-order valence-corrected chi connectivity index (χ4v) is 4.00. The van der Waals surface area contributed by atoms with Crippen LogP contribution in [0.25, 0.3) is 22.5 Å². The molecule has 150 valence electrons. The van der Waals surface area contributed by atoms with Crippen molar-refractivity contribution in [3.8, 4) is 28.3 Å². The number of methoxy groups -OCH3 is 1. The maximum absolute atomic E-state index is 12.7. The number of ether oxygens (including phenoxy) is 1. The lowest BCUT2D eigenvalue weighted by atomic mass is 10.0. The first-order valence-electron chi connectivity index (χ1n) is 9.51. The average molecular weight is 416 g/mol. The van der Waals surface area contributed by atoms with Crippen molar-refractivity contribution in [3.05, 3.63) is 84.4 Å². The number of Topliss-reactive ketones (excluding diaryl/α,β-unsaturated/α-hetero) is 1. The van der Waals surface area contributed by atoms with E-state index in [-0.39, 0.29) is 5.78 Å². The summed E-state index contributed by atoms with van der Waals surface area (Å²) < 4.78 is 7.30. The number of benzene rings is 3. The van der Waals surface area contributed by atoms with Gasteiger partial charge in [0.15, 0.2) is 16.8 Å². The highest BCUT2D eigenvalue weighted by atomic mass is 32.2. The molecule has 0 N–H and O–H groups in total. The lowest BCUT2D eigenvalue weighted by Gasteiger charge is -2.08. The Morgan fingerprint density at radius 2 is 1.57 bits per heavy atom. The largest absolute Gasteiger partial charge is 0.496 e. The molecule has 0 saturated carbocycles. The van der Waals surface area contributed by atoms with E-state index < -0.39 is 0 Å². The molecule has 4 aromatic rings. The van der Waals surface area contributed by atoms with E-state index in [0.717, 1.165) is 22.4 Å². The summed E-state index contributed by atoms with van der Waals surface area (Å²) in [6, 6.07) is 25.5. The van der Waals surface area contributed by atoms with Gasteiger partial charge in [0.1, 0.15) is 5.75 Å². The smallest absolute Gasteiger partial charge is 0.191 e. The number of para-hydroxylation sites is 1. The lowest BCUT2D eigenvalue weighted by molar-refractivity contribution is 0.102. The van der Waals surface area contributed by atoms with Crippen molar-refractivity contribution < 1.29 is 9.53 Å². The van der Waals surface area contributed by atoms with Crippen molar-refractivity contribution in [2.24, 2.45) is 7.05 Å². The van der Waals surface area contributed by atoms with Crippen LogP contribution in [0.3, 0.4) is 0 Å². The summed E-state index contributed by atoms with van der Waals surface area (Å²) >= 11 is 1.38. The maximum atomic E-state index is 12.7. The summed E-state index contributed by atoms with van der Waals surface area (Å²) in [5, 5.41) is 9.23. The van der Waals surface area contributed by atoms with Crippen molar-refractivity contribution in [1.82, 2.24) is 14.8 Å². The second-order valence-corrected chi connectivity index (χ2v) is 7.66. The summed E-state index contributed by atoms with van der Waals surface area (Å²) in [5.74, 6) is 1.79. The van der Waals surface area contributed by atoms with Crippen molar-refractivity contribution in [2.45, 2.75) is 5.16 Å². The molecule has 0 fully saturated rings. The Morgan fingerprint density at radius 3 is 2.30 bits per heavy atom. The number of carbonyl (C=O) groups excluding carboxylic acids is 1. The third-order valence-corrected chi connectivity index (χ3v) is 5.85. The molecule has 5 nitrogen and oxygen atoms in total. The van der Waals surface area contributed by atoms with Gasteiger partial charge in [-0.1, -0.05) is 78.5 Å². The molecule has 0 atom stereocenters. The predicted octanol–water partition coefficient (Wildman–Crippen LogP) is 5.13. The average Bonchev–Trinajstić information content (AvgIpc) is 3.18. The van der Waals surface area contributed by atoms with E-state index in [0.29, 0.717) is 22.3 Å². The van der Waals surface area contributed by atoms with Gasteiger partial charge in [0.2, 0.25) is 0 Å². The van der Waals surface area contributed by atoms with Crippen molar-refractivity contribution in [1.29, 1.82) is 0 Å². The van der Waals surface area contributed by atoms with Gasteiger partial charge in [-0.05, 0) is 23.3 Å². The van der Waals surface area contributed by atoms with Crippen LogP contribution < -0.4 is 4.74 Å². The summed E-state index contributed by atoms with van der Waals surface area (Å²) in [6.07, 6.45) is 0. The van der Waals surface area contributed by atoms with Gasteiger partial charge in [-0.25, -0.2) is 0 Å². The zero-order valence-electron chi connectivity index (χ0n) is 16.8. The van der Waals surface area contributed by atoms with Crippen LogP contribution in [-0.4, -0.2) is 33.4 Å². The molecule has 0 aliphatic carbocycles. The van der Waals surface area contributed by atoms with Crippen LogP contribution in [0.4, 0.5) is 0 Å². The summed E-state index contributed by atoms with van der Waals surface area (Å²) in [4.78, 5) is 12.7. The number of rotatable bonds is 7. The van der Waals surface area contributed by atoms with Crippen molar-refractivity contribution >= 4 is 17.5 Å². The number of hydrogen-bond donors (Lipinski definition) is 0. The van der Waals surface area contributed by atoms with Crippen LogP contribution in [0.15, 0.2) is 84.0 Å². The summed E-state index contributed by atoms with van der Waals surface area (Å²) in [6.45, 7) is 0. The van der Waals surface area contributed by atoms with Gasteiger partial charge in [0, 0.05) is 12.6 Å². The van der Waals surface area contributed by atoms with Gasteiger partial charge in [-0.2, -0.15) is 0 Å². The Balaban J connectivity index is 1.45. The second-order valence-electron chi connectivity index (χ2n) is 6.72. The highest BCUT2D eigenvalue weighted by Crippen LogP contribution is 2.30. The minimum absolute atomic E-state index is 0.0569. The van der Waals surface area contributed by atoms with E-state index in [9.17, 15) is 4.79 Å². The van der Waals surface area contributed by atoms with Crippen molar-refractivity contribution in [3.63, 3.8) is 0 Å². The Hall–Kier alpha value is -3.38. The molecule has 0 radical (unpaired) electrons. The molecule has 6 heteroatoms. The van der Waals surface area contributed by atoms with E-state index in [1.807, 2.05) is 78.3 Å². The van der Waals surface area contributed by atoms with Crippen LogP contribution in [0.2, 0.25) is 0 Å². The number of thioether (sulfide) groups is 1. The number of carbonyl (C=O) groups is 1. The monoisotopic (exact) mass is 415 g/mol. The van der Waals surface area contributed by atoms with Gasteiger partial charge in [0.05, 0.1) is 18.4 Å². The quantitative estimate of drug-likeness (QED) is 0.309. The highest BCUT2D eigenvalue weighted by molar-refractivity contribution is 7.99. The van der Waals surface area contributed by atoms with Gasteiger partial charge in [-0.15, -0.1) is 10.2 Å². The Bertz CT molecular complexity index is 1150. The number of ketones is 1. The Kier molecular flexibility index (Phi) is 5.95. The third-order valence-electron chi connectivity index (χ3n) is 4.83. The highest BCUT2D eigenvalue weighted by Gasteiger charge is 2.16. The topological polar surface area (TPSA) is 57.0 Å². The van der Waals surface area contributed by atoms with Crippen LogP contribution in [-0.2, 0) is 7.05 Å². The fraction of sp³-hybridized carbons (Fsp3) is 0.125. The molecule has 3 aromatic carbocycles. The molecule has 1 heterocycles. The van der Waals surface area contributed by atoms with Gasteiger partial charge >= 0.3 is 0 Å². The van der Waals surface area contributed by atoms with Crippen LogP contribution in [0, 0.1) is 0 Å². The zero-order chi connectivity index (χ0) is 20.9. The molecule has 0 saturated heterocycles. The number of nitrogens with zero attached hydrogens (tertiary/aromatic N) is 3. The first-order chi connectivity index (χ1) is 14.7. The van der Waals surface area contributed by atoms with Crippen LogP contribution >= 0.6 is 11.8 Å². The molecule has 30 heavy (non-hydrogen) atoms. The van der Waals surface area contributed by atoms with E-state index in [1.165, 1.54) is 11.8 Å². The van der Waals surface area contributed by atoms with E-state index in [1.54, 1.807) is 7.11 Å².